The van der Waals surface area contributed by atoms with Crippen molar-refractivity contribution < 1.29 is 14.7 Å². The molecule has 1 aliphatic rings. The first-order valence-electron chi connectivity index (χ1n) is 6.80. The summed E-state index contributed by atoms with van der Waals surface area (Å²) in [6, 6.07) is -0.245. The zero-order chi connectivity index (χ0) is 15.6. The van der Waals surface area contributed by atoms with E-state index in [1.54, 1.807) is 16.6 Å². The Hall–Kier alpha value is -1.57. The lowest BCUT2D eigenvalue weighted by Gasteiger charge is -2.34. The third-order valence-electron chi connectivity index (χ3n) is 3.56. The highest BCUT2D eigenvalue weighted by Crippen LogP contribution is 2.22. The van der Waals surface area contributed by atoms with Crippen molar-refractivity contribution in [1.29, 1.82) is 0 Å². The zero-order valence-corrected chi connectivity index (χ0v) is 13.6. The largest absolute Gasteiger partial charge is 0.481 e. The summed E-state index contributed by atoms with van der Waals surface area (Å²) in [4.78, 5) is 24.9. The second-order valence-electron chi connectivity index (χ2n) is 5.54. The molecule has 0 aliphatic carbocycles. The van der Waals surface area contributed by atoms with Crippen molar-refractivity contribution in [2.45, 2.75) is 19.9 Å². The van der Waals surface area contributed by atoms with E-state index >= 15 is 0 Å². The molecular weight excluding hydrogens is 340 g/mol. The van der Waals surface area contributed by atoms with Gasteiger partial charge in [-0.3, -0.25) is 9.48 Å². The van der Waals surface area contributed by atoms with Gasteiger partial charge in [0.15, 0.2) is 0 Å². The summed E-state index contributed by atoms with van der Waals surface area (Å²) in [6.07, 6.45) is 2.43. The summed E-state index contributed by atoms with van der Waals surface area (Å²) in [6.45, 7) is 3.11. The Morgan fingerprint density at radius 3 is 2.81 bits per heavy atom. The average Bonchev–Trinajstić information content (AvgIpc) is 2.73. The molecule has 0 saturated carbocycles. The second-order valence-corrected chi connectivity index (χ2v) is 6.39. The molecular formula is C13H19BrN4O3. The number of halogens is 1. The number of urea groups is 1. The number of aromatic nitrogens is 2. The topological polar surface area (TPSA) is 87.5 Å². The van der Waals surface area contributed by atoms with Gasteiger partial charge in [-0.2, -0.15) is 5.10 Å². The van der Waals surface area contributed by atoms with Gasteiger partial charge >= 0.3 is 12.0 Å². The Labute approximate surface area is 131 Å². The number of nitrogens with one attached hydrogen (secondary N) is 1. The molecule has 1 fully saturated rings. The van der Waals surface area contributed by atoms with Crippen molar-refractivity contribution in [2.24, 2.45) is 18.9 Å². The number of carbonyl (C=O) groups is 2. The first kappa shape index (κ1) is 15.8. The minimum absolute atomic E-state index is 0.187. The molecule has 1 aliphatic heterocycles. The van der Waals surface area contributed by atoms with Gasteiger partial charge in [0.1, 0.15) is 0 Å². The molecule has 1 aromatic rings. The number of amides is 2. The number of aryl methyl sites for hydroxylation is 1. The fourth-order valence-electron chi connectivity index (χ4n) is 2.59. The molecule has 0 spiro atoms. The van der Waals surface area contributed by atoms with Crippen LogP contribution in [0.4, 0.5) is 4.79 Å². The molecule has 116 valence electrons. The van der Waals surface area contributed by atoms with Crippen molar-refractivity contribution in [2.75, 3.05) is 13.1 Å². The van der Waals surface area contributed by atoms with Crippen LogP contribution in [0.25, 0.3) is 0 Å². The number of nitrogens with zero attached hydrogens (tertiary/aromatic N) is 3. The summed E-state index contributed by atoms with van der Waals surface area (Å²) < 4.78 is 2.50. The van der Waals surface area contributed by atoms with Crippen LogP contribution < -0.4 is 5.32 Å². The highest BCUT2D eigenvalue weighted by molar-refractivity contribution is 9.10. The lowest BCUT2D eigenvalue weighted by atomic mass is 9.91. The quantitative estimate of drug-likeness (QED) is 0.855. The summed E-state index contributed by atoms with van der Waals surface area (Å²) in [5, 5.41) is 16.1. The molecule has 8 heteroatoms. The van der Waals surface area contributed by atoms with Gasteiger partial charge in [0.25, 0.3) is 0 Å². The Morgan fingerprint density at radius 1 is 1.52 bits per heavy atom. The monoisotopic (exact) mass is 358 g/mol. The minimum atomic E-state index is -0.841. The maximum Gasteiger partial charge on any atom is 0.317 e. The lowest BCUT2D eigenvalue weighted by Crippen LogP contribution is -2.49. The van der Waals surface area contributed by atoms with E-state index in [9.17, 15) is 9.59 Å². The van der Waals surface area contributed by atoms with E-state index in [1.807, 2.05) is 13.1 Å². The number of hydrogen-bond donors (Lipinski definition) is 2. The molecule has 0 aromatic carbocycles. The number of carbonyl (C=O) groups excluding carboxylic acids is 1. The van der Waals surface area contributed by atoms with Crippen molar-refractivity contribution in [3.8, 4) is 0 Å². The SMILES string of the molecule is CC1CC(C(=O)O)CN(C(=O)NCc2nn(C)cc2Br)C1. The van der Waals surface area contributed by atoms with Crippen molar-refractivity contribution in [3.63, 3.8) is 0 Å². The molecule has 2 unspecified atom stereocenters. The van der Waals surface area contributed by atoms with Gasteiger partial charge in [0, 0.05) is 26.3 Å². The summed E-state index contributed by atoms with van der Waals surface area (Å²) >= 11 is 3.38. The van der Waals surface area contributed by atoms with E-state index in [0.717, 1.165) is 10.2 Å². The lowest BCUT2D eigenvalue weighted by molar-refractivity contribution is -0.143. The first-order chi connectivity index (χ1) is 9.86. The van der Waals surface area contributed by atoms with Crippen LogP contribution in [-0.2, 0) is 18.4 Å². The van der Waals surface area contributed by atoms with E-state index in [2.05, 4.69) is 26.3 Å². The highest BCUT2D eigenvalue weighted by Gasteiger charge is 2.31. The molecule has 2 rings (SSSR count). The van der Waals surface area contributed by atoms with E-state index < -0.39 is 11.9 Å². The van der Waals surface area contributed by atoms with Gasteiger partial charge in [-0.05, 0) is 28.3 Å². The molecule has 1 aromatic heterocycles. The Morgan fingerprint density at radius 2 is 2.24 bits per heavy atom. The van der Waals surface area contributed by atoms with Crippen LogP contribution in [0.1, 0.15) is 19.0 Å². The number of aliphatic carboxylic acids is 1. The van der Waals surface area contributed by atoms with E-state index in [-0.39, 0.29) is 18.5 Å². The number of rotatable bonds is 3. The Balaban J connectivity index is 1.93. The van der Waals surface area contributed by atoms with Gasteiger partial charge < -0.3 is 15.3 Å². The van der Waals surface area contributed by atoms with Gasteiger partial charge in [-0.25, -0.2) is 4.79 Å². The minimum Gasteiger partial charge on any atom is -0.481 e. The number of likely N-dealkylation sites (tertiary alicyclic amines) is 1. The third kappa shape index (κ3) is 3.96. The average molecular weight is 359 g/mol. The van der Waals surface area contributed by atoms with Crippen molar-refractivity contribution in [3.05, 3.63) is 16.4 Å². The number of piperidine rings is 1. The molecule has 2 heterocycles. The molecule has 2 amide bonds. The zero-order valence-electron chi connectivity index (χ0n) is 12.0. The van der Waals surface area contributed by atoms with Crippen LogP contribution in [0.5, 0.6) is 0 Å². The van der Waals surface area contributed by atoms with Crippen molar-refractivity contribution >= 4 is 27.9 Å². The first-order valence-corrected chi connectivity index (χ1v) is 7.59. The maximum absolute atomic E-state index is 12.2. The summed E-state index contributed by atoms with van der Waals surface area (Å²) in [5.41, 5.74) is 0.741. The fourth-order valence-corrected chi connectivity index (χ4v) is 3.11. The molecule has 0 bridgehead atoms. The van der Waals surface area contributed by atoms with Gasteiger partial charge in [0.2, 0.25) is 0 Å². The smallest absolute Gasteiger partial charge is 0.317 e. The second kappa shape index (κ2) is 6.46. The number of carboxylic acids is 1. The van der Waals surface area contributed by atoms with Crippen LogP contribution >= 0.6 is 15.9 Å². The normalized spacial score (nSPS) is 22.1. The van der Waals surface area contributed by atoms with Crippen LogP contribution in [0.3, 0.4) is 0 Å². The highest BCUT2D eigenvalue weighted by atomic mass is 79.9. The van der Waals surface area contributed by atoms with Gasteiger partial charge in [-0.15, -0.1) is 0 Å². The van der Waals surface area contributed by atoms with E-state index in [4.69, 9.17) is 5.11 Å². The van der Waals surface area contributed by atoms with E-state index in [0.29, 0.717) is 19.5 Å². The molecule has 7 nitrogen and oxygen atoms in total. The van der Waals surface area contributed by atoms with Gasteiger partial charge in [0.05, 0.1) is 22.6 Å². The molecule has 2 atom stereocenters. The third-order valence-corrected chi connectivity index (χ3v) is 4.22. The Bertz CT molecular complexity index is 546. The maximum atomic E-state index is 12.2. The molecule has 2 N–H and O–H groups in total. The fraction of sp³-hybridized carbons (Fsp3) is 0.615. The van der Waals surface area contributed by atoms with Gasteiger partial charge in [-0.1, -0.05) is 6.92 Å². The summed E-state index contributed by atoms with van der Waals surface area (Å²) in [5.74, 6) is -1.14. The molecule has 1 saturated heterocycles. The van der Waals surface area contributed by atoms with Crippen LogP contribution in [0.2, 0.25) is 0 Å². The predicted molar refractivity (Wildman–Crippen MR) is 79.6 cm³/mol. The Kier molecular flexibility index (Phi) is 4.87. The van der Waals surface area contributed by atoms with E-state index in [1.165, 1.54) is 0 Å². The van der Waals surface area contributed by atoms with Crippen LogP contribution in [0, 0.1) is 11.8 Å². The molecule has 0 radical (unpaired) electrons. The summed E-state index contributed by atoms with van der Waals surface area (Å²) in [7, 11) is 1.81. The predicted octanol–water partition coefficient (Wildman–Crippen LogP) is 1.43. The number of carboxylic acid groups (broad SMARTS) is 1. The standard InChI is InChI=1S/C13H19BrN4O3/c1-8-3-9(12(19)20)6-18(5-8)13(21)15-4-11-10(14)7-17(2)16-11/h7-9H,3-6H2,1-2H3,(H,15,21)(H,19,20). The van der Waals surface area contributed by atoms with Crippen LogP contribution in [0.15, 0.2) is 10.7 Å². The van der Waals surface area contributed by atoms with Crippen molar-refractivity contribution in [1.82, 2.24) is 20.0 Å². The number of hydrogen-bond acceptors (Lipinski definition) is 3. The molecule has 21 heavy (non-hydrogen) atoms. The van der Waals surface area contributed by atoms with Crippen LogP contribution in [-0.4, -0.2) is 44.9 Å².